The molecule has 2 heterocycles. The smallest absolute Gasteiger partial charge is 0.356 e. The summed E-state index contributed by atoms with van der Waals surface area (Å²) in [5.74, 6) is -1.68. The lowest BCUT2D eigenvalue weighted by Gasteiger charge is -2.14. The molecule has 0 radical (unpaired) electrons. The van der Waals surface area contributed by atoms with E-state index < -0.39 is 17.8 Å². The fraction of sp³-hybridized carbons (Fsp3) is 0.263. The minimum Gasteiger partial charge on any atom is -0.465 e. The number of ether oxygens (including phenoxy) is 2. The highest BCUT2D eigenvalue weighted by Gasteiger charge is 2.27. The first-order valence-electron chi connectivity index (χ1n) is 9.05. The highest BCUT2D eigenvalue weighted by atomic mass is 16.5. The molecule has 11 heteroatoms. The number of carbonyl (C=O) groups is 3. The Morgan fingerprint density at radius 3 is 2.63 bits per heavy atom. The molecule has 1 amide bonds. The number of benzene rings is 1. The van der Waals surface area contributed by atoms with Gasteiger partial charge in [0.15, 0.2) is 5.69 Å². The maximum Gasteiger partial charge on any atom is 0.356 e. The summed E-state index contributed by atoms with van der Waals surface area (Å²) >= 11 is 0. The molecule has 11 nitrogen and oxygen atoms in total. The van der Waals surface area contributed by atoms with Gasteiger partial charge < -0.3 is 20.5 Å². The van der Waals surface area contributed by atoms with Crippen LogP contribution in [0.3, 0.4) is 0 Å². The van der Waals surface area contributed by atoms with Crippen LogP contribution in [0.4, 0.5) is 5.95 Å². The van der Waals surface area contributed by atoms with Crippen molar-refractivity contribution in [3.63, 3.8) is 0 Å². The molecule has 3 N–H and O–H groups in total. The molecule has 1 aliphatic carbocycles. The normalized spacial score (nSPS) is 14.9. The number of nitrogens with one attached hydrogen (secondary N) is 1. The fourth-order valence-corrected chi connectivity index (χ4v) is 3.49. The number of methoxy groups -OCH3 is 2. The van der Waals surface area contributed by atoms with E-state index in [1.54, 1.807) is 18.2 Å². The second kappa shape index (κ2) is 7.43. The number of hydrogen-bond donors (Lipinski definition) is 2. The third-order valence-corrected chi connectivity index (χ3v) is 4.90. The molecule has 0 saturated carbocycles. The number of aryl methyl sites for hydroxylation is 1. The first-order valence-corrected chi connectivity index (χ1v) is 9.05. The Hall–Kier alpha value is -4.02. The summed E-state index contributed by atoms with van der Waals surface area (Å²) in [6.45, 7) is 0. The van der Waals surface area contributed by atoms with Crippen molar-refractivity contribution in [3.05, 3.63) is 52.3 Å². The van der Waals surface area contributed by atoms with Crippen LogP contribution in [0.5, 0.6) is 0 Å². The summed E-state index contributed by atoms with van der Waals surface area (Å²) in [5, 5.41) is 6.81. The molecule has 3 aromatic rings. The van der Waals surface area contributed by atoms with Crippen molar-refractivity contribution in [1.82, 2.24) is 24.9 Å². The molecule has 154 valence electrons. The Bertz CT molecular complexity index is 1190. The van der Waals surface area contributed by atoms with E-state index in [9.17, 15) is 14.4 Å². The average molecular weight is 410 g/mol. The largest absolute Gasteiger partial charge is 0.465 e. The van der Waals surface area contributed by atoms with Gasteiger partial charge in [0, 0.05) is 6.07 Å². The predicted molar refractivity (Wildman–Crippen MR) is 103 cm³/mol. The minimum absolute atomic E-state index is 0.00934. The summed E-state index contributed by atoms with van der Waals surface area (Å²) in [6.07, 6.45) is 1.36. The van der Waals surface area contributed by atoms with E-state index in [4.69, 9.17) is 15.2 Å². The number of anilines is 1. The Labute approximate surface area is 170 Å². The molecule has 0 fully saturated rings. The van der Waals surface area contributed by atoms with Gasteiger partial charge in [-0.15, -0.1) is 5.10 Å². The summed E-state index contributed by atoms with van der Waals surface area (Å²) in [5.41, 5.74) is 7.89. The number of hydrogen-bond acceptors (Lipinski definition) is 9. The Morgan fingerprint density at radius 2 is 1.90 bits per heavy atom. The average Bonchev–Trinajstić information content (AvgIpc) is 3.33. The van der Waals surface area contributed by atoms with Gasteiger partial charge in [-0.25, -0.2) is 14.6 Å². The van der Waals surface area contributed by atoms with Gasteiger partial charge >= 0.3 is 11.9 Å². The van der Waals surface area contributed by atoms with Crippen molar-refractivity contribution >= 4 is 29.6 Å². The standard InChI is InChI=1S/C19H18N6O5/c1-29-16(27)10-3-5-11-9(7-10)4-6-12(11)21-15(26)13-8-14(17(28)30-2)25-19(22-13)23-18(20)24-25/h3,5,7-8,12H,4,6H2,1-2H3,(H2,20,24)(H,21,26)/t12-/m0/s1. The molecule has 0 unspecified atom stereocenters. The molecular formula is C19H18N6O5. The summed E-state index contributed by atoms with van der Waals surface area (Å²) in [4.78, 5) is 44.7. The number of nitrogens with zero attached hydrogens (tertiary/aromatic N) is 4. The van der Waals surface area contributed by atoms with Crippen molar-refractivity contribution in [2.45, 2.75) is 18.9 Å². The number of esters is 2. The molecule has 0 spiro atoms. The first-order chi connectivity index (χ1) is 14.4. The maximum atomic E-state index is 12.9. The highest BCUT2D eigenvalue weighted by molar-refractivity contribution is 5.96. The highest BCUT2D eigenvalue weighted by Crippen LogP contribution is 2.32. The summed E-state index contributed by atoms with van der Waals surface area (Å²) in [7, 11) is 2.54. The second-order valence-electron chi connectivity index (χ2n) is 6.67. The van der Waals surface area contributed by atoms with Crippen molar-refractivity contribution in [1.29, 1.82) is 0 Å². The van der Waals surface area contributed by atoms with Gasteiger partial charge in [0.05, 0.1) is 25.8 Å². The number of nitrogens with two attached hydrogens (primary N) is 1. The van der Waals surface area contributed by atoms with Crippen LogP contribution in [0, 0.1) is 0 Å². The molecule has 1 atom stereocenters. The van der Waals surface area contributed by atoms with Crippen LogP contribution < -0.4 is 11.1 Å². The van der Waals surface area contributed by atoms with E-state index in [1.165, 1.54) is 20.3 Å². The van der Waals surface area contributed by atoms with Gasteiger partial charge in [0.25, 0.3) is 11.7 Å². The molecule has 1 aliphatic rings. The van der Waals surface area contributed by atoms with Crippen LogP contribution in [0.1, 0.15) is 54.9 Å². The van der Waals surface area contributed by atoms with E-state index in [2.05, 4.69) is 20.4 Å². The first kappa shape index (κ1) is 19.3. The van der Waals surface area contributed by atoms with Crippen LogP contribution >= 0.6 is 0 Å². The summed E-state index contributed by atoms with van der Waals surface area (Å²) < 4.78 is 10.6. The fourth-order valence-electron chi connectivity index (χ4n) is 3.49. The van der Waals surface area contributed by atoms with Crippen molar-refractivity contribution in [3.8, 4) is 0 Å². The summed E-state index contributed by atoms with van der Waals surface area (Å²) in [6, 6.07) is 6.25. The molecule has 4 rings (SSSR count). The quantitative estimate of drug-likeness (QED) is 0.592. The van der Waals surface area contributed by atoms with Crippen molar-refractivity contribution in [2.24, 2.45) is 0 Å². The molecule has 0 saturated heterocycles. The number of fused-ring (bicyclic) bond motifs is 2. The number of carbonyl (C=O) groups excluding carboxylic acids is 3. The topological polar surface area (TPSA) is 151 Å². The van der Waals surface area contributed by atoms with Gasteiger partial charge in [-0.05, 0) is 36.1 Å². The van der Waals surface area contributed by atoms with Crippen LogP contribution in [-0.4, -0.2) is 51.6 Å². The van der Waals surface area contributed by atoms with Crippen LogP contribution in [0.25, 0.3) is 5.78 Å². The SMILES string of the molecule is COC(=O)c1ccc2c(c1)CC[C@@H]2NC(=O)c1cc(C(=O)OC)n2nc(N)nc2n1. The lowest BCUT2D eigenvalue weighted by Crippen LogP contribution is -2.28. The third-order valence-electron chi connectivity index (χ3n) is 4.90. The molecular weight excluding hydrogens is 392 g/mol. The Kier molecular flexibility index (Phi) is 4.78. The number of nitrogen functional groups attached to an aromatic ring is 1. The van der Waals surface area contributed by atoms with E-state index in [0.717, 1.165) is 15.6 Å². The molecule has 1 aromatic carbocycles. The van der Waals surface area contributed by atoms with Crippen molar-refractivity contribution in [2.75, 3.05) is 20.0 Å². The molecule has 30 heavy (non-hydrogen) atoms. The molecule has 0 aliphatic heterocycles. The van der Waals surface area contributed by atoms with Gasteiger partial charge in [0.1, 0.15) is 5.69 Å². The van der Waals surface area contributed by atoms with Crippen LogP contribution in [-0.2, 0) is 15.9 Å². The monoisotopic (exact) mass is 410 g/mol. The second-order valence-corrected chi connectivity index (χ2v) is 6.67. The number of aromatic nitrogens is 4. The predicted octanol–water partition coefficient (Wildman–Crippen LogP) is 0.697. The van der Waals surface area contributed by atoms with Crippen LogP contribution in [0.15, 0.2) is 24.3 Å². The Morgan fingerprint density at radius 1 is 1.13 bits per heavy atom. The van der Waals surface area contributed by atoms with E-state index in [-0.39, 0.29) is 29.2 Å². The lowest BCUT2D eigenvalue weighted by atomic mass is 10.0. The molecule has 2 aromatic heterocycles. The van der Waals surface area contributed by atoms with Crippen LogP contribution in [0.2, 0.25) is 0 Å². The van der Waals surface area contributed by atoms with E-state index in [0.29, 0.717) is 18.4 Å². The van der Waals surface area contributed by atoms with Crippen molar-refractivity contribution < 1.29 is 23.9 Å². The molecule has 0 bridgehead atoms. The van der Waals surface area contributed by atoms with Gasteiger partial charge in [-0.1, -0.05) is 6.07 Å². The number of rotatable bonds is 4. The van der Waals surface area contributed by atoms with E-state index in [1.807, 2.05) is 0 Å². The number of amides is 1. The van der Waals surface area contributed by atoms with Gasteiger partial charge in [0.2, 0.25) is 5.95 Å². The maximum absolute atomic E-state index is 12.9. The van der Waals surface area contributed by atoms with E-state index >= 15 is 0 Å². The zero-order valence-electron chi connectivity index (χ0n) is 16.2. The lowest BCUT2D eigenvalue weighted by molar-refractivity contribution is 0.0585. The minimum atomic E-state index is -0.706. The van der Waals surface area contributed by atoms with Gasteiger partial charge in [-0.2, -0.15) is 9.50 Å². The zero-order chi connectivity index (χ0) is 21.4. The van der Waals surface area contributed by atoms with Gasteiger partial charge in [-0.3, -0.25) is 4.79 Å². The third kappa shape index (κ3) is 3.30. The zero-order valence-corrected chi connectivity index (χ0v) is 16.2. The Balaban J connectivity index is 1.62.